The van der Waals surface area contributed by atoms with Gasteiger partial charge in [-0.25, -0.2) is 17.7 Å². The van der Waals surface area contributed by atoms with E-state index in [0.717, 1.165) is 15.6 Å². The molecule has 3 aromatic rings. The highest BCUT2D eigenvalue weighted by Crippen LogP contribution is 2.31. The normalized spacial score (nSPS) is 12.2. The minimum absolute atomic E-state index is 0. The summed E-state index contributed by atoms with van der Waals surface area (Å²) in [6, 6.07) is 10.2. The first-order valence-electron chi connectivity index (χ1n) is 8.40. The molecule has 1 aromatic heterocycles. The molecule has 0 fully saturated rings. The Kier molecular flexibility index (Phi) is 8.17. The van der Waals surface area contributed by atoms with E-state index in [1.807, 2.05) is 17.0 Å². The molecule has 0 aliphatic rings. The van der Waals surface area contributed by atoms with Gasteiger partial charge < -0.3 is 9.30 Å². The first kappa shape index (κ1) is 24.9. The summed E-state index contributed by atoms with van der Waals surface area (Å²) < 4.78 is 33.5. The summed E-state index contributed by atoms with van der Waals surface area (Å²) >= 11 is 13.6. The summed E-state index contributed by atoms with van der Waals surface area (Å²) in [6.07, 6.45) is 0. The number of benzene rings is 2. The molecule has 1 heterocycles. The Bertz CT molecular complexity index is 1240. The molecule has 11 heteroatoms. The van der Waals surface area contributed by atoms with E-state index < -0.39 is 10.0 Å². The van der Waals surface area contributed by atoms with Crippen molar-refractivity contribution in [1.29, 1.82) is 0 Å². The molecule has 3 rings (SSSR count). The Morgan fingerprint density at radius 1 is 1.13 bits per heavy atom. The van der Waals surface area contributed by atoms with E-state index >= 15 is 0 Å². The number of nitrogens with zero attached hydrogens (tertiary/aromatic N) is 3. The number of sulfonamides is 1. The van der Waals surface area contributed by atoms with Crippen LogP contribution in [0.2, 0.25) is 10.0 Å². The van der Waals surface area contributed by atoms with Crippen molar-refractivity contribution in [3.8, 4) is 17.0 Å². The van der Waals surface area contributed by atoms with E-state index in [0.29, 0.717) is 21.3 Å². The fraction of sp³-hybridized carbons (Fsp3) is 0.211. The predicted molar refractivity (Wildman–Crippen MR) is 128 cm³/mol. The third-order valence-corrected chi connectivity index (χ3v) is 7.72. The van der Waals surface area contributed by atoms with Gasteiger partial charge in [0, 0.05) is 43.2 Å². The van der Waals surface area contributed by atoms with Crippen molar-refractivity contribution in [3.63, 3.8) is 0 Å². The summed E-state index contributed by atoms with van der Waals surface area (Å²) in [5, 5.41) is 2.65. The second-order valence-electron chi connectivity index (χ2n) is 6.32. The number of aromatic nitrogens is 1. The van der Waals surface area contributed by atoms with E-state index in [2.05, 4.69) is 4.99 Å². The maximum atomic E-state index is 12.6. The van der Waals surface area contributed by atoms with Crippen LogP contribution in [0.1, 0.15) is 0 Å². The second kappa shape index (κ2) is 9.84. The van der Waals surface area contributed by atoms with Crippen LogP contribution in [0.15, 0.2) is 51.7 Å². The van der Waals surface area contributed by atoms with Gasteiger partial charge in [-0.3, -0.25) is 0 Å². The van der Waals surface area contributed by atoms with Crippen LogP contribution in [-0.2, 0) is 17.1 Å². The lowest BCUT2D eigenvalue weighted by Crippen LogP contribution is -2.22. The average molecular weight is 553 g/mol. The number of thiazole rings is 1. The maximum Gasteiger partial charge on any atom is 0.244 e. The monoisotopic (exact) mass is 551 g/mol. The van der Waals surface area contributed by atoms with Crippen molar-refractivity contribution in [2.75, 3.05) is 21.2 Å². The molecule has 0 bridgehead atoms. The van der Waals surface area contributed by atoms with Crippen molar-refractivity contribution in [2.24, 2.45) is 12.0 Å². The maximum absolute atomic E-state index is 12.6. The second-order valence-corrected chi connectivity index (χ2v) is 10.1. The Balaban J connectivity index is 0.00000320. The zero-order valence-corrected chi connectivity index (χ0v) is 21.4. The number of rotatable bonds is 5. The largest absolute Gasteiger partial charge is 0.494 e. The molecular formula is C19H20BrCl2N3O3S2. The van der Waals surface area contributed by atoms with Crippen LogP contribution in [0, 0.1) is 0 Å². The SMILES string of the molecule is Br.COc1cc(Cl)ccc1/N=c1/scc(-c2ccc(Cl)c(S(=O)(=O)N(C)C)c2)n1C. The molecule has 0 spiro atoms. The lowest BCUT2D eigenvalue weighted by atomic mass is 10.2. The van der Waals surface area contributed by atoms with Crippen molar-refractivity contribution >= 4 is 67.2 Å². The Morgan fingerprint density at radius 2 is 1.83 bits per heavy atom. The van der Waals surface area contributed by atoms with Gasteiger partial charge in [0.15, 0.2) is 4.80 Å². The van der Waals surface area contributed by atoms with Crippen LogP contribution in [0.25, 0.3) is 11.3 Å². The van der Waals surface area contributed by atoms with Gasteiger partial charge in [-0.1, -0.05) is 29.3 Å². The molecule has 0 atom stereocenters. The number of methoxy groups -OCH3 is 1. The minimum atomic E-state index is -3.66. The fourth-order valence-corrected chi connectivity index (χ4v) is 5.11. The van der Waals surface area contributed by atoms with Gasteiger partial charge in [-0.2, -0.15) is 0 Å². The minimum Gasteiger partial charge on any atom is -0.494 e. The van der Waals surface area contributed by atoms with E-state index in [1.54, 1.807) is 43.5 Å². The molecule has 30 heavy (non-hydrogen) atoms. The third-order valence-electron chi connectivity index (χ3n) is 4.27. The fourth-order valence-electron chi connectivity index (χ4n) is 2.64. The van der Waals surface area contributed by atoms with Crippen LogP contribution in [0.3, 0.4) is 0 Å². The zero-order valence-electron chi connectivity index (χ0n) is 16.6. The average Bonchev–Trinajstić information content (AvgIpc) is 3.03. The van der Waals surface area contributed by atoms with E-state index in [4.69, 9.17) is 27.9 Å². The molecule has 0 aliphatic heterocycles. The van der Waals surface area contributed by atoms with E-state index in [-0.39, 0.29) is 26.9 Å². The summed E-state index contributed by atoms with van der Waals surface area (Å²) in [7, 11) is 2.70. The molecular weight excluding hydrogens is 533 g/mol. The van der Waals surface area contributed by atoms with Gasteiger partial charge in [0.25, 0.3) is 0 Å². The Morgan fingerprint density at radius 3 is 2.47 bits per heavy atom. The molecule has 0 aliphatic carbocycles. The van der Waals surface area contributed by atoms with Gasteiger partial charge in [-0.05, 0) is 24.3 Å². The Hall–Kier alpha value is -1.36. The number of hydrogen-bond acceptors (Lipinski definition) is 5. The molecule has 0 saturated carbocycles. The highest BCUT2D eigenvalue weighted by molar-refractivity contribution is 8.93. The quantitative estimate of drug-likeness (QED) is 0.441. The van der Waals surface area contributed by atoms with Crippen LogP contribution in [0.4, 0.5) is 5.69 Å². The molecule has 0 amide bonds. The van der Waals surface area contributed by atoms with Crippen molar-refractivity contribution < 1.29 is 13.2 Å². The first-order valence-corrected chi connectivity index (χ1v) is 11.5. The summed E-state index contributed by atoms with van der Waals surface area (Å²) in [5.41, 5.74) is 2.18. The van der Waals surface area contributed by atoms with Gasteiger partial charge in [0.1, 0.15) is 16.3 Å². The standard InChI is InChI=1S/C19H19Cl2N3O3S2.BrH/c1-23(2)29(25,26)18-9-12(5-7-14(18)21)16-11-28-19(24(16)3)22-15-8-6-13(20)10-17(15)27-4;/h5-11H,1-4H3;1H/b22-19+;. The van der Waals surface area contributed by atoms with Crippen LogP contribution in [-0.4, -0.2) is 38.5 Å². The first-order chi connectivity index (χ1) is 13.6. The highest BCUT2D eigenvalue weighted by Gasteiger charge is 2.22. The molecule has 6 nitrogen and oxygen atoms in total. The molecule has 0 unspecified atom stereocenters. The van der Waals surface area contributed by atoms with Crippen LogP contribution in [0.5, 0.6) is 5.75 Å². The van der Waals surface area contributed by atoms with Crippen molar-refractivity contribution in [3.05, 3.63) is 56.6 Å². The Labute approximate surface area is 200 Å². The van der Waals surface area contributed by atoms with E-state index in [9.17, 15) is 8.42 Å². The van der Waals surface area contributed by atoms with E-state index in [1.165, 1.54) is 25.4 Å². The molecule has 162 valence electrons. The predicted octanol–water partition coefficient (Wildman–Crippen LogP) is 5.13. The van der Waals surface area contributed by atoms with Gasteiger partial charge >= 0.3 is 0 Å². The summed E-state index contributed by atoms with van der Waals surface area (Å²) in [6.45, 7) is 0. The van der Waals surface area contributed by atoms with Crippen molar-refractivity contribution in [2.45, 2.75) is 4.90 Å². The molecule has 0 radical (unpaired) electrons. The third kappa shape index (κ3) is 4.92. The smallest absolute Gasteiger partial charge is 0.244 e. The molecule has 2 aromatic carbocycles. The highest BCUT2D eigenvalue weighted by atomic mass is 79.9. The lowest BCUT2D eigenvalue weighted by molar-refractivity contribution is 0.416. The van der Waals surface area contributed by atoms with Crippen LogP contribution >= 0.6 is 51.5 Å². The topological polar surface area (TPSA) is 63.9 Å². The lowest BCUT2D eigenvalue weighted by Gasteiger charge is -2.14. The van der Waals surface area contributed by atoms with Crippen LogP contribution < -0.4 is 9.54 Å². The molecule has 0 saturated heterocycles. The summed E-state index contributed by atoms with van der Waals surface area (Å²) in [5.74, 6) is 0.568. The van der Waals surface area contributed by atoms with Gasteiger partial charge in [0.05, 0.1) is 17.8 Å². The number of ether oxygens (including phenoxy) is 1. The van der Waals surface area contributed by atoms with Gasteiger partial charge in [-0.15, -0.1) is 28.3 Å². The summed E-state index contributed by atoms with van der Waals surface area (Å²) in [4.78, 5) is 5.44. The number of hydrogen-bond donors (Lipinski definition) is 0. The zero-order chi connectivity index (χ0) is 21.3. The molecule has 0 N–H and O–H groups in total. The van der Waals surface area contributed by atoms with Crippen molar-refractivity contribution in [1.82, 2.24) is 8.87 Å². The van der Waals surface area contributed by atoms with Gasteiger partial charge in [0.2, 0.25) is 10.0 Å². The number of halogens is 3.